The molecule has 2 fully saturated rings. The van der Waals surface area contributed by atoms with Gasteiger partial charge in [0.25, 0.3) is 0 Å². The maximum Gasteiger partial charge on any atom is 0.387 e. The zero-order valence-corrected chi connectivity index (χ0v) is 21.4. The van der Waals surface area contributed by atoms with E-state index in [2.05, 4.69) is 20.4 Å². The summed E-state index contributed by atoms with van der Waals surface area (Å²) in [5, 5.41) is 21.6. The van der Waals surface area contributed by atoms with Crippen LogP contribution < -0.4 is 19.5 Å². The van der Waals surface area contributed by atoms with Crippen LogP contribution >= 0.6 is 0 Å². The third-order valence-corrected chi connectivity index (χ3v) is 6.93. The highest BCUT2D eigenvalue weighted by Crippen LogP contribution is 2.41. The van der Waals surface area contributed by atoms with E-state index in [-0.39, 0.29) is 49.3 Å². The Morgan fingerprint density at radius 3 is 2.61 bits per heavy atom. The predicted octanol–water partition coefficient (Wildman–Crippen LogP) is 2.35. The van der Waals surface area contributed by atoms with Crippen molar-refractivity contribution in [3.63, 3.8) is 0 Å². The topological polar surface area (TPSA) is 128 Å². The van der Waals surface area contributed by atoms with E-state index in [1.54, 1.807) is 10.9 Å². The molecule has 2 aliphatic heterocycles. The number of β-amino-alcohol motifs (C(OH)–C–C–N with tert-alkyl or cyclic N) is 1. The normalized spacial score (nSPS) is 21.6. The molecule has 3 aliphatic rings. The average Bonchev–Trinajstić information content (AvgIpc) is 3.21. The number of fused-ring (bicyclic) bond motifs is 1. The summed E-state index contributed by atoms with van der Waals surface area (Å²) in [6.07, 6.45) is 3.02. The monoisotopic (exact) mass is 535 g/mol. The lowest BCUT2D eigenvalue weighted by molar-refractivity contribution is -0.144. The summed E-state index contributed by atoms with van der Waals surface area (Å²) in [5.74, 6) is -0.0733. The molecule has 2 aromatic rings. The number of hydrogen-bond donors (Lipinski definition) is 2. The van der Waals surface area contributed by atoms with E-state index in [0.717, 1.165) is 18.5 Å². The number of benzene rings is 1. The summed E-state index contributed by atoms with van der Waals surface area (Å²) < 4.78 is 42.6. The Balaban J connectivity index is 1.33. The van der Waals surface area contributed by atoms with Crippen molar-refractivity contribution in [2.24, 2.45) is 5.41 Å². The van der Waals surface area contributed by atoms with E-state index < -0.39 is 36.1 Å². The number of ether oxygens (including phenoxy) is 3. The van der Waals surface area contributed by atoms with Crippen molar-refractivity contribution in [3.8, 4) is 17.2 Å². The molecule has 0 bridgehead atoms. The highest BCUT2D eigenvalue weighted by molar-refractivity contribution is 5.90. The fourth-order valence-electron chi connectivity index (χ4n) is 4.94. The smallest absolute Gasteiger partial charge is 0.387 e. The van der Waals surface area contributed by atoms with E-state index in [0.29, 0.717) is 11.7 Å². The van der Waals surface area contributed by atoms with Gasteiger partial charge in [-0.15, -0.1) is 5.10 Å². The van der Waals surface area contributed by atoms with E-state index in [9.17, 15) is 23.5 Å². The van der Waals surface area contributed by atoms with Gasteiger partial charge in [-0.05, 0) is 24.3 Å². The van der Waals surface area contributed by atoms with Crippen molar-refractivity contribution in [1.82, 2.24) is 25.2 Å². The van der Waals surface area contributed by atoms with Crippen molar-refractivity contribution >= 4 is 11.8 Å². The highest BCUT2D eigenvalue weighted by atomic mass is 19.3. The van der Waals surface area contributed by atoms with Crippen molar-refractivity contribution in [3.05, 3.63) is 29.6 Å². The van der Waals surface area contributed by atoms with E-state index in [4.69, 9.17) is 9.47 Å². The summed E-state index contributed by atoms with van der Waals surface area (Å²) in [4.78, 5) is 28.5. The maximum atomic E-state index is 13.8. The lowest BCUT2D eigenvalue weighted by Gasteiger charge is -2.34. The quantitative estimate of drug-likeness (QED) is 0.527. The number of aliphatic hydroxyl groups excluding tert-OH is 1. The molecule has 0 unspecified atom stereocenters. The second-order valence-electron chi connectivity index (χ2n) is 11.0. The Kier molecular flexibility index (Phi) is 6.88. The lowest BCUT2D eigenvalue weighted by Crippen LogP contribution is -2.50. The number of nitrogens with one attached hydrogen (secondary N) is 1. The first-order valence-corrected chi connectivity index (χ1v) is 12.6. The summed E-state index contributed by atoms with van der Waals surface area (Å²) in [6, 6.07) is 1.04. The van der Waals surface area contributed by atoms with Crippen LogP contribution in [-0.2, 0) is 16.1 Å². The van der Waals surface area contributed by atoms with Gasteiger partial charge in [0.15, 0.2) is 11.5 Å². The van der Waals surface area contributed by atoms with Gasteiger partial charge < -0.3 is 29.5 Å². The van der Waals surface area contributed by atoms with Crippen LogP contribution in [0.4, 0.5) is 8.78 Å². The molecule has 0 spiro atoms. The average molecular weight is 536 g/mol. The van der Waals surface area contributed by atoms with Crippen LogP contribution in [0.25, 0.3) is 0 Å². The molecule has 206 valence electrons. The van der Waals surface area contributed by atoms with E-state index in [1.165, 1.54) is 17.0 Å². The SMILES string of the molecule is CC(C)(C)[C@@H](C(=O)N1C[C@H](O)C[C@H]1C(=O)NCc1cc2c(cc1OC(F)F)OCO2)n1cc(C2CC2)nn1. The van der Waals surface area contributed by atoms with Crippen LogP contribution in [0.1, 0.15) is 63.3 Å². The number of aliphatic hydroxyl groups is 1. The molecule has 1 aromatic heterocycles. The van der Waals surface area contributed by atoms with Gasteiger partial charge in [0.2, 0.25) is 18.6 Å². The fourth-order valence-corrected chi connectivity index (χ4v) is 4.94. The van der Waals surface area contributed by atoms with Crippen LogP contribution in [0.3, 0.4) is 0 Å². The zero-order valence-electron chi connectivity index (χ0n) is 21.4. The van der Waals surface area contributed by atoms with Crippen molar-refractivity contribution in [2.45, 2.75) is 77.3 Å². The number of nitrogens with zero attached hydrogens (tertiary/aromatic N) is 4. The standard InChI is InChI=1S/C25H31F2N5O6/c1-25(2,3)21(32-11-16(29-30-32)13-4-5-13)23(35)31-10-15(33)7-17(31)22(34)28-9-14-6-19-20(37-12-36-19)8-18(14)38-24(26)27/h6,8,11,13,15,17,21,24,33H,4-5,7,9-10,12H2,1-3H3,(H,28,34)/t15-,17+,21-/m1/s1. The van der Waals surface area contributed by atoms with Crippen LogP contribution in [0, 0.1) is 5.41 Å². The van der Waals surface area contributed by atoms with E-state index >= 15 is 0 Å². The molecule has 2 amide bonds. The largest absolute Gasteiger partial charge is 0.454 e. The fraction of sp³-hybridized carbons (Fsp3) is 0.600. The maximum absolute atomic E-state index is 13.8. The molecule has 3 atom stereocenters. The molecule has 3 heterocycles. The van der Waals surface area contributed by atoms with Gasteiger partial charge in [-0.25, -0.2) is 4.68 Å². The summed E-state index contributed by atoms with van der Waals surface area (Å²) >= 11 is 0. The minimum absolute atomic E-state index is 0.0164. The van der Waals surface area contributed by atoms with Gasteiger partial charge in [0.1, 0.15) is 17.8 Å². The van der Waals surface area contributed by atoms with Gasteiger partial charge in [0, 0.05) is 43.3 Å². The lowest BCUT2D eigenvalue weighted by atomic mass is 9.85. The van der Waals surface area contributed by atoms with Crippen molar-refractivity contribution < 1.29 is 37.7 Å². The number of halogens is 2. The first-order valence-electron chi connectivity index (χ1n) is 12.6. The van der Waals surface area contributed by atoms with E-state index in [1.807, 2.05) is 20.8 Å². The Labute approximate surface area is 218 Å². The first-order chi connectivity index (χ1) is 18.0. The first kappa shape index (κ1) is 26.1. The zero-order chi connectivity index (χ0) is 27.2. The van der Waals surface area contributed by atoms with Gasteiger partial charge in [0.05, 0.1) is 11.8 Å². The molecule has 13 heteroatoms. The summed E-state index contributed by atoms with van der Waals surface area (Å²) in [7, 11) is 0. The van der Waals surface area contributed by atoms with Crippen molar-refractivity contribution in [2.75, 3.05) is 13.3 Å². The molecule has 2 N–H and O–H groups in total. The molecule has 5 rings (SSSR count). The molecule has 11 nitrogen and oxygen atoms in total. The Hall–Kier alpha value is -3.48. The van der Waals surface area contributed by atoms with Gasteiger partial charge in [-0.3, -0.25) is 9.59 Å². The van der Waals surface area contributed by atoms with Crippen LogP contribution in [0.5, 0.6) is 17.2 Å². The van der Waals surface area contributed by atoms with Crippen LogP contribution in [0.15, 0.2) is 18.3 Å². The third kappa shape index (κ3) is 5.38. The molecular formula is C25H31F2N5O6. The van der Waals surface area contributed by atoms with Gasteiger partial charge in [-0.2, -0.15) is 8.78 Å². The van der Waals surface area contributed by atoms with Crippen molar-refractivity contribution in [1.29, 1.82) is 0 Å². The van der Waals surface area contributed by atoms with Crippen LogP contribution in [0.2, 0.25) is 0 Å². The molecule has 38 heavy (non-hydrogen) atoms. The second-order valence-corrected chi connectivity index (χ2v) is 11.0. The van der Waals surface area contributed by atoms with Crippen LogP contribution in [-0.4, -0.2) is 68.9 Å². The molecule has 1 aromatic carbocycles. The Bertz CT molecular complexity index is 1210. The Morgan fingerprint density at radius 1 is 1.24 bits per heavy atom. The number of amides is 2. The van der Waals surface area contributed by atoms with Gasteiger partial charge >= 0.3 is 6.61 Å². The number of carbonyl (C=O) groups excluding carboxylic acids is 2. The molecule has 1 aliphatic carbocycles. The number of likely N-dealkylation sites (tertiary alicyclic amines) is 1. The third-order valence-electron chi connectivity index (χ3n) is 6.93. The number of aromatic nitrogens is 3. The molecule has 1 saturated carbocycles. The summed E-state index contributed by atoms with van der Waals surface area (Å²) in [6.45, 7) is 2.40. The molecule has 0 radical (unpaired) electrons. The molecule has 1 saturated heterocycles. The number of hydrogen-bond acceptors (Lipinski definition) is 8. The number of rotatable bonds is 8. The minimum atomic E-state index is -3.07. The minimum Gasteiger partial charge on any atom is -0.454 e. The van der Waals surface area contributed by atoms with Gasteiger partial charge in [-0.1, -0.05) is 26.0 Å². The number of carbonyl (C=O) groups is 2. The summed E-state index contributed by atoms with van der Waals surface area (Å²) in [5.41, 5.74) is 0.532. The second kappa shape index (κ2) is 10.0. The predicted molar refractivity (Wildman–Crippen MR) is 128 cm³/mol. The molecular weight excluding hydrogens is 504 g/mol. The Morgan fingerprint density at radius 2 is 1.95 bits per heavy atom. The highest BCUT2D eigenvalue weighted by Gasteiger charge is 2.45. The number of alkyl halides is 2.